The van der Waals surface area contributed by atoms with Crippen molar-refractivity contribution in [1.29, 1.82) is 0 Å². The van der Waals surface area contributed by atoms with Crippen LogP contribution in [-0.2, 0) is 19.6 Å². The average molecular weight is 552 g/mol. The van der Waals surface area contributed by atoms with Crippen LogP contribution in [0.25, 0.3) is 11.1 Å². The summed E-state index contributed by atoms with van der Waals surface area (Å²) in [7, 11) is -4.47. The fourth-order valence-electron chi connectivity index (χ4n) is 4.58. The molecule has 0 amide bonds. The lowest BCUT2D eigenvalue weighted by Gasteiger charge is -2.42. The van der Waals surface area contributed by atoms with Crippen LogP contribution in [0.1, 0.15) is 18.4 Å². The maximum atomic E-state index is 14.5. The van der Waals surface area contributed by atoms with E-state index in [2.05, 4.69) is 0 Å². The molecule has 3 aromatic rings. The second-order valence-corrected chi connectivity index (χ2v) is 11.1. The molecule has 0 aliphatic carbocycles. The number of carboxylic acid groups (broad SMARTS) is 1. The summed E-state index contributed by atoms with van der Waals surface area (Å²) in [6.45, 7) is -0.496. The summed E-state index contributed by atoms with van der Waals surface area (Å²) >= 11 is 0. The van der Waals surface area contributed by atoms with Gasteiger partial charge in [-0.3, -0.25) is 9.10 Å². The summed E-state index contributed by atoms with van der Waals surface area (Å²) in [5.41, 5.74) is -1.76. The Kier molecular flexibility index (Phi) is 6.56. The Balaban J connectivity index is 1.61. The van der Waals surface area contributed by atoms with Gasteiger partial charge in [-0.15, -0.1) is 0 Å². The second-order valence-electron chi connectivity index (χ2n) is 9.24. The van der Waals surface area contributed by atoms with Crippen molar-refractivity contribution in [2.45, 2.75) is 23.8 Å². The zero-order valence-corrected chi connectivity index (χ0v) is 20.4. The van der Waals surface area contributed by atoms with Crippen LogP contribution in [0.5, 0.6) is 5.75 Å². The van der Waals surface area contributed by atoms with E-state index >= 15 is 0 Å². The maximum absolute atomic E-state index is 14.5. The zero-order chi connectivity index (χ0) is 27.2. The Morgan fingerprint density at radius 3 is 2.50 bits per heavy atom. The van der Waals surface area contributed by atoms with Gasteiger partial charge in [0, 0.05) is 17.5 Å². The minimum Gasteiger partial charge on any atom is -0.486 e. The average Bonchev–Trinajstić information content (AvgIpc) is 2.86. The molecule has 12 heteroatoms. The number of anilines is 1. The lowest BCUT2D eigenvalue weighted by molar-refractivity contribution is -0.184. The van der Waals surface area contributed by atoms with E-state index in [9.17, 15) is 35.9 Å². The van der Waals surface area contributed by atoms with Gasteiger partial charge in [0.15, 0.2) is 0 Å². The van der Waals surface area contributed by atoms with Gasteiger partial charge in [0.05, 0.1) is 30.3 Å². The first-order valence-corrected chi connectivity index (χ1v) is 12.9. The summed E-state index contributed by atoms with van der Waals surface area (Å²) < 4.78 is 94.6. The van der Waals surface area contributed by atoms with Gasteiger partial charge in [0.25, 0.3) is 16.4 Å². The largest absolute Gasteiger partial charge is 0.486 e. The molecule has 0 unspecified atom stereocenters. The molecule has 0 radical (unpaired) electrons. The number of hydrogen-bond acceptors (Lipinski definition) is 5. The van der Waals surface area contributed by atoms with E-state index in [0.717, 1.165) is 34.6 Å². The van der Waals surface area contributed by atoms with Crippen LogP contribution >= 0.6 is 0 Å². The third-order valence-electron chi connectivity index (χ3n) is 6.66. The van der Waals surface area contributed by atoms with E-state index in [1.54, 1.807) is 0 Å². The second kappa shape index (κ2) is 9.59. The van der Waals surface area contributed by atoms with Crippen molar-refractivity contribution in [2.24, 2.45) is 5.41 Å². The molecule has 5 rings (SSSR count). The Morgan fingerprint density at radius 2 is 1.84 bits per heavy atom. The summed E-state index contributed by atoms with van der Waals surface area (Å²) in [6.07, 6.45) is -3.91. The fraction of sp³-hybridized carbons (Fsp3) is 0.269. The minimum atomic E-state index is -4.47. The highest BCUT2D eigenvalue weighted by molar-refractivity contribution is 7.92. The molecule has 1 N–H and O–H groups in total. The van der Waals surface area contributed by atoms with E-state index in [0.29, 0.717) is 0 Å². The van der Waals surface area contributed by atoms with E-state index in [4.69, 9.17) is 9.47 Å². The number of aliphatic carboxylic acids is 1. The van der Waals surface area contributed by atoms with Crippen LogP contribution in [0.2, 0.25) is 0 Å². The number of sulfonamides is 1. The van der Waals surface area contributed by atoms with Gasteiger partial charge in [0.1, 0.15) is 28.9 Å². The molecule has 1 saturated heterocycles. The van der Waals surface area contributed by atoms with E-state index in [1.807, 2.05) is 0 Å². The maximum Gasteiger partial charge on any atom is 0.314 e. The molecule has 2 aliphatic heterocycles. The molecule has 0 saturated carbocycles. The van der Waals surface area contributed by atoms with Crippen molar-refractivity contribution in [3.05, 3.63) is 77.9 Å². The fourth-order valence-corrected chi connectivity index (χ4v) is 6.14. The molecular weight excluding hydrogens is 530 g/mol. The molecule has 1 atom stereocenters. The van der Waals surface area contributed by atoms with Gasteiger partial charge in [-0.1, -0.05) is 18.2 Å². The molecule has 1 fully saturated rings. The topological polar surface area (TPSA) is 93.1 Å². The Hall–Kier alpha value is -3.64. The van der Waals surface area contributed by atoms with Crippen molar-refractivity contribution in [3.63, 3.8) is 0 Å². The first-order valence-electron chi connectivity index (χ1n) is 11.5. The lowest BCUT2D eigenvalue weighted by atomic mass is 9.80. The number of ether oxygens (including phenoxy) is 2. The molecule has 0 aromatic heterocycles. The van der Waals surface area contributed by atoms with Gasteiger partial charge < -0.3 is 14.6 Å². The van der Waals surface area contributed by atoms with Gasteiger partial charge in [0.2, 0.25) is 0 Å². The quantitative estimate of drug-likeness (QED) is 0.415. The van der Waals surface area contributed by atoms with Gasteiger partial charge >= 0.3 is 5.97 Å². The number of halogens is 4. The molecule has 200 valence electrons. The van der Waals surface area contributed by atoms with Crippen LogP contribution in [-0.4, -0.2) is 45.4 Å². The Bertz CT molecular complexity index is 1510. The third-order valence-corrected chi connectivity index (χ3v) is 8.43. The van der Waals surface area contributed by atoms with Gasteiger partial charge in [-0.2, -0.15) is 0 Å². The monoisotopic (exact) mass is 551 g/mol. The number of rotatable bonds is 7. The Morgan fingerprint density at radius 1 is 1.08 bits per heavy atom. The van der Waals surface area contributed by atoms with E-state index < -0.39 is 56.0 Å². The molecule has 2 aliphatic rings. The summed E-state index contributed by atoms with van der Waals surface area (Å²) in [5.74, 6) is -2.51. The van der Waals surface area contributed by atoms with Crippen LogP contribution in [0.15, 0.2) is 65.6 Å². The number of carboxylic acids is 1. The van der Waals surface area contributed by atoms with E-state index in [1.165, 1.54) is 30.3 Å². The number of carbonyl (C=O) groups is 1. The molecule has 38 heavy (non-hydrogen) atoms. The van der Waals surface area contributed by atoms with E-state index in [-0.39, 0.29) is 48.7 Å². The number of benzene rings is 3. The molecular formula is C26H21F4NO6S. The molecule has 0 bridgehead atoms. The molecule has 3 aromatic carbocycles. The van der Waals surface area contributed by atoms with Crippen molar-refractivity contribution < 1.29 is 45.4 Å². The summed E-state index contributed by atoms with van der Waals surface area (Å²) in [6, 6.07) is 11.3. The lowest BCUT2D eigenvalue weighted by Crippen LogP contribution is -2.54. The predicted octanol–water partition coefficient (Wildman–Crippen LogP) is 5.02. The zero-order valence-electron chi connectivity index (χ0n) is 19.6. The molecule has 0 spiro atoms. The van der Waals surface area contributed by atoms with Crippen molar-refractivity contribution in [1.82, 2.24) is 0 Å². The number of fused-ring (bicyclic) bond motifs is 1. The first kappa shape index (κ1) is 26.0. The van der Waals surface area contributed by atoms with Crippen molar-refractivity contribution >= 4 is 21.7 Å². The Labute approximate surface area is 215 Å². The summed E-state index contributed by atoms with van der Waals surface area (Å²) in [4.78, 5) is 11.5. The highest BCUT2D eigenvalue weighted by Gasteiger charge is 2.50. The smallest absolute Gasteiger partial charge is 0.314 e. The van der Waals surface area contributed by atoms with Crippen molar-refractivity contribution in [2.75, 3.05) is 24.1 Å². The minimum absolute atomic E-state index is 0.0286. The number of alkyl halides is 2. The number of nitrogens with zero attached hydrogens (tertiary/aromatic N) is 1. The summed E-state index contributed by atoms with van der Waals surface area (Å²) in [5, 5.41) is 9.70. The van der Waals surface area contributed by atoms with Crippen LogP contribution in [0, 0.1) is 17.0 Å². The van der Waals surface area contributed by atoms with Crippen LogP contribution in [0.3, 0.4) is 0 Å². The van der Waals surface area contributed by atoms with Crippen LogP contribution in [0.4, 0.5) is 23.2 Å². The van der Waals surface area contributed by atoms with Gasteiger partial charge in [-0.25, -0.2) is 26.0 Å². The highest BCUT2D eigenvalue weighted by Crippen LogP contribution is 2.43. The molecule has 7 nitrogen and oxygen atoms in total. The van der Waals surface area contributed by atoms with Crippen molar-refractivity contribution in [3.8, 4) is 16.9 Å². The standard InChI is InChI=1S/C26H21F4NO6S/c27-17-5-6-21(28)20(10-17)15-4-7-23-22(9-15)31(12-18(37-23)11-26(25(32)33)13-36-14-26)38(34,35)19-3-1-2-16(8-19)24(29)30/h1-10,18,24H,11-14H2,(H,32,33)/t18-/m0/s1. The number of hydrogen-bond donors (Lipinski definition) is 1. The first-order chi connectivity index (χ1) is 18.0. The normalized spacial score (nSPS) is 18.4. The predicted molar refractivity (Wildman–Crippen MR) is 128 cm³/mol. The third kappa shape index (κ3) is 4.58. The van der Waals surface area contributed by atoms with Gasteiger partial charge in [-0.05, 0) is 48.0 Å². The molecule has 2 heterocycles. The SMILES string of the molecule is O=C(O)C1(C[C@H]2CN(S(=O)(=O)c3cccc(C(F)F)c3)c3cc(-c4cc(F)ccc4F)ccc3O2)COC1. The highest BCUT2D eigenvalue weighted by atomic mass is 32.2. The van der Waals surface area contributed by atoms with Crippen LogP contribution < -0.4 is 9.04 Å².